The molecule has 3 aromatic carbocycles. The lowest BCUT2D eigenvalue weighted by Crippen LogP contribution is -2.46. The Labute approximate surface area is 234 Å². The van der Waals surface area contributed by atoms with E-state index in [1.807, 2.05) is 55.5 Å². The van der Waals surface area contributed by atoms with Gasteiger partial charge < -0.3 is 19.7 Å². The van der Waals surface area contributed by atoms with Gasteiger partial charge in [-0.3, -0.25) is 9.59 Å². The molecular weight excluding hydrogens is 506 g/mol. The second-order valence-corrected chi connectivity index (χ2v) is 10.2. The summed E-state index contributed by atoms with van der Waals surface area (Å²) in [5.41, 5.74) is 4.02. The third-order valence-electron chi connectivity index (χ3n) is 7.49. The third kappa shape index (κ3) is 5.93. The van der Waals surface area contributed by atoms with Gasteiger partial charge in [-0.15, -0.1) is 5.10 Å². The van der Waals surface area contributed by atoms with Crippen LogP contribution >= 0.6 is 0 Å². The molecular formula is C31H35N5O4. The first kappa shape index (κ1) is 27.2. The van der Waals surface area contributed by atoms with Gasteiger partial charge in [0, 0.05) is 18.2 Å². The maximum atomic E-state index is 14.2. The van der Waals surface area contributed by atoms with Crippen molar-refractivity contribution in [3.63, 3.8) is 0 Å². The molecule has 0 unspecified atom stereocenters. The molecule has 1 aliphatic rings. The summed E-state index contributed by atoms with van der Waals surface area (Å²) in [6.45, 7) is 2.15. The standard InChI is InChI=1S/C31H35N5O4/c1-21-12-14-22(15-13-21)19-35(29(37)20-36-27-11-7-6-10-26(27)33-34-36)30(31(38)32-23-8-4-5-9-23)25-18-24(39-2)16-17-28(25)40-3/h6-7,10-18,23,30H,4-5,8-9,19-20H2,1-3H3,(H,32,38)/t30-/m1/s1. The number of carbonyl (C=O) groups excluding carboxylic acids is 2. The Bertz CT molecular complexity index is 1480. The topological polar surface area (TPSA) is 98.6 Å². The van der Waals surface area contributed by atoms with Crippen LogP contribution in [0, 0.1) is 6.92 Å². The molecule has 0 saturated heterocycles. The molecule has 1 saturated carbocycles. The number of methoxy groups -OCH3 is 2. The van der Waals surface area contributed by atoms with Crippen molar-refractivity contribution >= 4 is 22.8 Å². The van der Waals surface area contributed by atoms with Gasteiger partial charge in [0.1, 0.15) is 29.6 Å². The molecule has 1 fully saturated rings. The van der Waals surface area contributed by atoms with E-state index in [0.717, 1.165) is 42.3 Å². The van der Waals surface area contributed by atoms with Crippen LogP contribution in [0.15, 0.2) is 66.7 Å². The fourth-order valence-electron chi connectivity index (χ4n) is 5.32. The van der Waals surface area contributed by atoms with E-state index in [-0.39, 0.29) is 30.9 Å². The maximum absolute atomic E-state index is 14.2. The van der Waals surface area contributed by atoms with Crippen molar-refractivity contribution in [2.24, 2.45) is 0 Å². The SMILES string of the molecule is COc1ccc(OC)c([C@H](C(=O)NC2CCCC2)N(Cc2ccc(C)cc2)C(=O)Cn2nnc3ccccc32)c1. The number of rotatable bonds is 10. The zero-order valence-electron chi connectivity index (χ0n) is 23.2. The number of benzene rings is 3. The molecule has 0 spiro atoms. The van der Waals surface area contributed by atoms with Crippen molar-refractivity contribution in [2.45, 2.75) is 57.8 Å². The first-order chi connectivity index (χ1) is 19.5. The minimum absolute atomic E-state index is 0.0715. The zero-order chi connectivity index (χ0) is 28.1. The third-order valence-corrected chi connectivity index (χ3v) is 7.49. The number of nitrogens with one attached hydrogen (secondary N) is 1. The lowest BCUT2D eigenvalue weighted by Gasteiger charge is -2.33. The minimum atomic E-state index is -0.964. The fraction of sp³-hybridized carbons (Fsp3) is 0.355. The highest BCUT2D eigenvalue weighted by Gasteiger charge is 2.36. The molecule has 1 atom stereocenters. The predicted octanol–water partition coefficient (Wildman–Crippen LogP) is 4.59. The second kappa shape index (κ2) is 12.2. The Morgan fingerprint density at radius 3 is 2.50 bits per heavy atom. The number of carbonyl (C=O) groups is 2. The highest BCUT2D eigenvalue weighted by Crippen LogP contribution is 2.35. The Hall–Kier alpha value is -4.40. The number of aromatic nitrogens is 3. The quantitative estimate of drug-likeness (QED) is 0.316. The van der Waals surface area contributed by atoms with E-state index in [4.69, 9.17) is 9.47 Å². The lowest BCUT2D eigenvalue weighted by molar-refractivity contribution is -0.142. The number of ether oxygens (including phenoxy) is 2. The van der Waals surface area contributed by atoms with Crippen molar-refractivity contribution in [3.05, 3.63) is 83.4 Å². The minimum Gasteiger partial charge on any atom is -0.497 e. The number of hydrogen-bond acceptors (Lipinski definition) is 6. The van der Waals surface area contributed by atoms with Gasteiger partial charge in [-0.05, 0) is 55.7 Å². The summed E-state index contributed by atoms with van der Waals surface area (Å²) in [7, 11) is 3.13. The van der Waals surface area contributed by atoms with Crippen LogP contribution in [0.5, 0.6) is 11.5 Å². The van der Waals surface area contributed by atoms with E-state index in [2.05, 4.69) is 15.6 Å². The molecule has 40 heavy (non-hydrogen) atoms. The van der Waals surface area contributed by atoms with Crippen LogP contribution in [-0.2, 0) is 22.7 Å². The monoisotopic (exact) mass is 541 g/mol. The van der Waals surface area contributed by atoms with Gasteiger partial charge in [0.25, 0.3) is 0 Å². The maximum Gasteiger partial charge on any atom is 0.247 e. The zero-order valence-corrected chi connectivity index (χ0v) is 23.2. The van der Waals surface area contributed by atoms with E-state index < -0.39 is 6.04 Å². The molecule has 1 aromatic heterocycles. The van der Waals surface area contributed by atoms with Gasteiger partial charge in [0.05, 0.1) is 19.7 Å². The Morgan fingerprint density at radius 1 is 1.02 bits per heavy atom. The highest BCUT2D eigenvalue weighted by atomic mass is 16.5. The van der Waals surface area contributed by atoms with Crippen LogP contribution < -0.4 is 14.8 Å². The summed E-state index contributed by atoms with van der Waals surface area (Å²) in [6.07, 6.45) is 3.99. The number of amides is 2. The van der Waals surface area contributed by atoms with Crippen molar-refractivity contribution < 1.29 is 19.1 Å². The number of fused-ring (bicyclic) bond motifs is 1. The molecule has 4 aromatic rings. The smallest absolute Gasteiger partial charge is 0.247 e. The molecule has 1 N–H and O–H groups in total. The molecule has 0 bridgehead atoms. The first-order valence-corrected chi connectivity index (χ1v) is 13.6. The van der Waals surface area contributed by atoms with Crippen molar-refractivity contribution in [1.82, 2.24) is 25.2 Å². The van der Waals surface area contributed by atoms with Gasteiger partial charge in [-0.2, -0.15) is 0 Å². The van der Waals surface area contributed by atoms with Gasteiger partial charge in [-0.1, -0.05) is 60.0 Å². The number of hydrogen-bond donors (Lipinski definition) is 1. The summed E-state index contributed by atoms with van der Waals surface area (Å²) in [6, 6.07) is 19.9. The predicted molar refractivity (Wildman–Crippen MR) is 152 cm³/mol. The van der Waals surface area contributed by atoms with E-state index >= 15 is 0 Å². The van der Waals surface area contributed by atoms with Gasteiger partial charge >= 0.3 is 0 Å². The molecule has 5 rings (SSSR count). The molecule has 1 heterocycles. The van der Waals surface area contributed by atoms with E-state index in [1.54, 1.807) is 42.0 Å². The highest BCUT2D eigenvalue weighted by molar-refractivity contribution is 5.90. The molecule has 208 valence electrons. The van der Waals surface area contributed by atoms with Crippen LogP contribution in [0.1, 0.15) is 48.4 Å². The number of para-hydroxylation sites is 1. The largest absolute Gasteiger partial charge is 0.497 e. The Kier molecular flexibility index (Phi) is 8.28. The fourth-order valence-corrected chi connectivity index (χ4v) is 5.32. The molecule has 0 radical (unpaired) electrons. The number of aryl methyl sites for hydroxylation is 1. The summed E-state index contributed by atoms with van der Waals surface area (Å²) in [4.78, 5) is 30.0. The Balaban J connectivity index is 1.59. The summed E-state index contributed by atoms with van der Waals surface area (Å²) in [5, 5.41) is 11.7. The second-order valence-electron chi connectivity index (χ2n) is 10.2. The van der Waals surface area contributed by atoms with Crippen molar-refractivity contribution in [2.75, 3.05) is 14.2 Å². The van der Waals surface area contributed by atoms with Crippen LogP contribution in [0.4, 0.5) is 0 Å². The van der Waals surface area contributed by atoms with Crippen molar-refractivity contribution in [1.29, 1.82) is 0 Å². The first-order valence-electron chi connectivity index (χ1n) is 13.6. The van der Waals surface area contributed by atoms with Crippen molar-refractivity contribution in [3.8, 4) is 11.5 Å². The normalized spacial score (nSPS) is 14.2. The van der Waals surface area contributed by atoms with E-state index in [0.29, 0.717) is 22.6 Å². The summed E-state index contributed by atoms with van der Waals surface area (Å²) < 4.78 is 12.8. The number of nitrogens with zero attached hydrogens (tertiary/aromatic N) is 4. The summed E-state index contributed by atoms with van der Waals surface area (Å²) >= 11 is 0. The van der Waals surface area contributed by atoms with E-state index in [9.17, 15) is 9.59 Å². The molecule has 2 amide bonds. The molecule has 0 aliphatic heterocycles. The molecule has 1 aliphatic carbocycles. The Morgan fingerprint density at radius 2 is 1.77 bits per heavy atom. The van der Waals surface area contributed by atoms with Gasteiger partial charge in [-0.25, -0.2) is 4.68 Å². The average molecular weight is 542 g/mol. The molecule has 9 heteroatoms. The van der Waals surface area contributed by atoms with E-state index in [1.165, 1.54) is 0 Å². The summed E-state index contributed by atoms with van der Waals surface area (Å²) in [5.74, 6) is 0.551. The van der Waals surface area contributed by atoms with Crippen LogP contribution in [0.3, 0.4) is 0 Å². The van der Waals surface area contributed by atoms with Crippen LogP contribution in [-0.4, -0.2) is 52.0 Å². The van der Waals surface area contributed by atoms with Gasteiger partial charge in [0.2, 0.25) is 11.8 Å². The average Bonchev–Trinajstić information content (AvgIpc) is 3.64. The van der Waals surface area contributed by atoms with Crippen LogP contribution in [0.25, 0.3) is 11.0 Å². The molecule has 9 nitrogen and oxygen atoms in total. The van der Waals surface area contributed by atoms with Gasteiger partial charge in [0.15, 0.2) is 0 Å². The van der Waals surface area contributed by atoms with Crippen LogP contribution in [0.2, 0.25) is 0 Å². The lowest BCUT2D eigenvalue weighted by atomic mass is 10.00.